The van der Waals surface area contributed by atoms with Crippen LogP contribution in [0.5, 0.6) is 0 Å². The highest BCUT2D eigenvalue weighted by Crippen LogP contribution is 2.66. The molecule has 0 fully saturated rings. The number of unbranched alkanes of at least 4 members (excludes halogenated alkanes) is 3. The van der Waals surface area contributed by atoms with Gasteiger partial charge in [0.05, 0.1) is 23.4 Å². The second kappa shape index (κ2) is 13.7. The van der Waals surface area contributed by atoms with Gasteiger partial charge in [0.25, 0.3) is 0 Å². The van der Waals surface area contributed by atoms with Crippen molar-refractivity contribution in [3.8, 4) is 0 Å². The molecule has 3 nitrogen and oxygen atoms in total. The predicted octanol–water partition coefficient (Wildman–Crippen LogP) is 6.54. The average molecular weight is 442 g/mol. The van der Waals surface area contributed by atoms with Crippen molar-refractivity contribution in [2.75, 3.05) is 25.1 Å². The van der Waals surface area contributed by atoms with Crippen LogP contribution in [0, 0.1) is 6.92 Å². The summed E-state index contributed by atoms with van der Waals surface area (Å²) >= 11 is 1.37. The molecule has 0 spiro atoms. The van der Waals surface area contributed by atoms with Crippen LogP contribution in [0.2, 0.25) is 0 Å². The smallest absolute Gasteiger partial charge is 0.198 e. The standard InChI is InChI=1S/C24H42O3PS/c1-6-10-13-28(14-11-7-2,15-12-8-3)23(9-4)21(26)16-20-19(5)18-29-24(20)22(27)17-25/h18,23,25H,6-17H2,1-5H3/q+1. The van der Waals surface area contributed by atoms with Gasteiger partial charge in [0.1, 0.15) is 12.3 Å². The van der Waals surface area contributed by atoms with E-state index in [1.807, 2.05) is 12.3 Å². The van der Waals surface area contributed by atoms with Gasteiger partial charge >= 0.3 is 0 Å². The lowest BCUT2D eigenvalue weighted by atomic mass is 10.0. The molecule has 29 heavy (non-hydrogen) atoms. The van der Waals surface area contributed by atoms with Gasteiger partial charge in [0.15, 0.2) is 11.6 Å². The molecule has 0 bridgehead atoms. The first-order chi connectivity index (χ1) is 13.9. The third-order valence-electron chi connectivity index (χ3n) is 6.14. The van der Waals surface area contributed by atoms with E-state index < -0.39 is 13.9 Å². The van der Waals surface area contributed by atoms with Crippen molar-refractivity contribution in [3.05, 3.63) is 21.4 Å². The van der Waals surface area contributed by atoms with E-state index in [0.717, 1.165) is 17.5 Å². The maximum absolute atomic E-state index is 13.7. The molecule has 1 unspecified atom stereocenters. The molecule has 0 amide bonds. The van der Waals surface area contributed by atoms with Gasteiger partial charge in [-0.2, -0.15) is 0 Å². The van der Waals surface area contributed by atoms with Gasteiger partial charge in [0.2, 0.25) is 0 Å². The van der Waals surface area contributed by atoms with Gasteiger partial charge < -0.3 is 5.11 Å². The molecule has 0 aliphatic heterocycles. The molecule has 0 radical (unpaired) electrons. The van der Waals surface area contributed by atoms with Crippen LogP contribution in [0.3, 0.4) is 0 Å². The molecular formula is C24H42O3PS+. The summed E-state index contributed by atoms with van der Waals surface area (Å²) < 4.78 is 0. The highest BCUT2D eigenvalue weighted by Gasteiger charge is 2.46. The number of hydrogen-bond acceptors (Lipinski definition) is 4. The Balaban J connectivity index is 3.22. The lowest BCUT2D eigenvalue weighted by molar-refractivity contribution is -0.118. The summed E-state index contributed by atoms with van der Waals surface area (Å²) in [6.45, 7) is 10.4. The van der Waals surface area contributed by atoms with E-state index in [-0.39, 0.29) is 11.4 Å². The second-order valence-corrected chi connectivity index (χ2v) is 13.6. The Bertz CT molecular complexity index is 616. The zero-order valence-electron chi connectivity index (χ0n) is 19.3. The van der Waals surface area contributed by atoms with Gasteiger partial charge in [-0.25, -0.2) is 0 Å². The normalized spacial score (nSPS) is 12.9. The number of aliphatic hydroxyl groups excluding tert-OH is 1. The highest BCUT2D eigenvalue weighted by atomic mass is 32.1. The summed E-state index contributed by atoms with van der Waals surface area (Å²) in [6, 6.07) is 0. The monoisotopic (exact) mass is 441 g/mol. The van der Waals surface area contributed by atoms with E-state index in [0.29, 0.717) is 17.1 Å². The number of carbonyl (C=O) groups excluding carboxylic acids is 2. The number of aryl methyl sites for hydroxylation is 1. The van der Waals surface area contributed by atoms with Crippen LogP contribution in [0.4, 0.5) is 0 Å². The highest BCUT2D eigenvalue weighted by molar-refractivity contribution is 7.77. The summed E-state index contributed by atoms with van der Waals surface area (Å²) in [5.74, 6) is 0.0700. The van der Waals surface area contributed by atoms with Gasteiger partial charge in [0, 0.05) is 13.7 Å². The number of aliphatic hydroxyl groups is 1. The quantitative estimate of drug-likeness (QED) is 0.234. The van der Waals surface area contributed by atoms with Gasteiger partial charge in [-0.1, -0.05) is 47.0 Å². The maximum Gasteiger partial charge on any atom is 0.198 e. The Morgan fingerprint density at radius 2 is 1.52 bits per heavy atom. The van der Waals surface area contributed by atoms with Gasteiger partial charge in [-0.3, -0.25) is 9.59 Å². The van der Waals surface area contributed by atoms with Crippen LogP contribution < -0.4 is 0 Å². The van der Waals surface area contributed by atoms with Crippen molar-refractivity contribution in [1.82, 2.24) is 0 Å². The van der Waals surface area contributed by atoms with Crippen LogP contribution in [0.15, 0.2) is 5.38 Å². The molecule has 1 heterocycles. The SMILES string of the molecule is CCCC[P+](CCCC)(CCCC)C(CC)C(=O)Cc1c(C)csc1C(=O)CO. The number of carbonyl (C=O) groups is 2. The zero-order chi connectivity index (χ0) is 21.9. The van der Waals surface area contributed by atoms with E-state index in [9.17, 15) is 14.7 Å². The first kappa shape index (κ1) is 26.5. The fourth-order valence-electron chi connectivity index (χ4n) is 4.43. The molecule has 1 N–H and O–H groups in total. The molecule has 1 rings (SSSR count). The minimum atomic E-state index is -1.37. The third-order valence-corrected chi connectivity index (χ3v) is 12.9. The average Bonchev–Trinajstić information content (AvgIpc) is 3.08. The number of Topliss-reactive ketones (excluding diaryl/α,β-unsaturated/α-hetero) is 2. The van der Waals surface area contributed by atoms with E-state index in [1.165, 1.54) is 68.3 Å². The molecule has 0 aliphatic carbocycles. The van der Waals surface area contributed by atoms with Crippen LogP contribution in [0.1, 0.15) is 93.4 Å². The van der Waals surface area contributed by atoms with Crippen molar-refractivity contribution < 1.29 is 14.7 Å². The summed E-state index contributed by atoms with van der Waals surface area (Å²) in [7, 11) is -1.37. The molecule has 0 aromatic carbocycles. The molecule has 1 atom stereocenters. The summed E-state index contributed by atoms with van der Waals surface area (Å²) in [5, 5.41) is 11.3. The molecule has 1 aromatic heterocycles. The minimum absolute atomic E-state index is 0.156. The molecule has 1 aromatic rings. The van der Waals surface area contributed by atoms with E-state index in [2.05, 4.69) is 27.7 Å². The Morgan fingerprint density at radius 3 is 1.93 bits per heavy atom. The Labute approximate surface area is 183 Å². The van der Waals surface area contributed by atoms with Crippen LogP contribution in [0.25, 0.3) is 0 Å². The Hall–Kier alpha value is -0.570. The zero-order valence-corrected chi connectivity index (χ0v) is 21.0. The summed E-state index contributed by atoms with van der Waals surface area (Å²) in [4.78, 5) is 26.4. The van der Waals surface area contributed by atoms with Gasteiger partial charge in [-0.05, 0) is 49.1 Å². The molecule has 5 heteroatoms. The largest absolute Gasteiger partial charge is 0.388 e. The van der Waals surface area contributed by atoms with Crippen molar-refractivity contribution in [2.45, 2.75) is 91.6 Å². The summed E-state index contributed by atoms with van der Waals surface area (Å²) in [6.07, 6.45) is 12.2. The molecular weight excluding hydrogens is 399 g/mol. The molecule has 0 saturated carbocycles. The van der Waals surface area contributed by atoms with E-state index in [4.69, 9.17) is 0 Å². The van der Waals surface area contributed by atoms with E-state index in [1.54, 1.807) is 0 Å². The first-order valence-electron chi connectivity index (χ1n) is 11.5. The van der Waals surface area contributed by atoms with Crippen molar-refractivity contribution in [2.24, 2.45) is 0 Å². The van der Waals surface area contributed by atoms with Crippen LogP contribution >= 0.6 is 18.6 Å². The Morgan fingerprint density at radius 1 is 1.00 bits per heavy atom. The van der Waals surface area contributed by atoms with Crippen molar-refractivity contribution in [3.63, 3.8) is 0 Å². The lowest BCUT2D eigenvalue weighted by Gasteiger charge is -2.34. The minimum Gasteiger partial charge on any atom is -0.388 e. The predicted molar refractivity (Wildman–Crippen MR) is 130 cm³/mol. The maximum atomic E-state index is 13.7. The van der Waals surface area contributed by atoms with E-state index >= 15 is 0 Å². The number of hydrogen-bond donors (Lipinski definition) is 1. The number of thiophene rings is 1. The van der Waals surface area contributed by atoms with Crippen molar-refractivity contribution >= 4 is 30.2 Å². The number of ketones is 2. The topological polar surface area (TPSA) is 54.4 Å². The molecule has 166 valence electrons. The van der Waals surface area contributed by atoms with Crippen LogP contribution in [-0.2, 0) is 11.2 Å². The molecule has 0 saturated heterocycles. The van der Waals surface area contributed by atoms with Crippen molar-refractivity contribution in [1.29, 1.82) is 0 Å². The second-order valence-electron chi connectivity index (χ2n) is 8.32. The Kier molecular flexibility index (Phi) is 12.5. The molecule has 0 aliphatic rings. The summed E-state index contributed by atoms with van der Waals surface area (Å²) in [5.41, 5.74) is 2.02. The van der Waals surface area contributed by atoms with Gasteiger partial charge in [-0.15, -0.1) is 11.3 Å². The van der Waals surface area contributed by atoms with Crippen LogP contribution in [-0.4, -0.2) is 47.4 Å². The first-order valence-corrected chi connectivity index (χ1v) is 14.8. The fourth-order valence-corrected chi connectivity index (χ4v) is 11.4. The third kappa shape index (κ3) is 7.26. The lowest BCUT2D eigenvalue weighted by Crippen LogP contribution is -2.31. The number of rotatable bonds is 16. The fraction of sp³-hybridized carbons (Fsp3) is 0.750.